The summed E-state index contributed by atoms with van der Waals surface area (Å²) in [6, 6.07) is 18.7. The minimum absolute atomic E-state index is 0.0147. The molecule has 6 heteroatoms. The highest BCUT2D eigenvalue weighted by Crippen LogP contribution is 2.24. The number of guanidine groups is 1. The number of amides is 1. The first-order valence-electron chi connectivity index (χ1n) is 10.6. The molecule has 1 amide bonds. The maximum Gasteiger partial charge on any atom is 0.253 e. The van der Waals surface area contributed by atoms with E-state index in [1.165, 1.54) is 18.4 Å². The molecule has 0 aromatic heterocycles. The number of carbonyl (C=O) groups excluding carboxylic acids is 1. The van der Waals surface area contributed by atoms with Crippen molar-refractivity contribution in [3.63, 3.8) is 0 Å². The van der Waals surface area contributed by atoms with Gasteiger partial charge in [0, 0.05) is 39.8 Å². The number of carbonyl (C=O) groups is 1. The Hall–Kier alpha value is -2.86. The van der Waals surface area contributed by atoms with Gasteiger partial charge >= 0.3 is 0 Å². The third kappa shape index (κ3) is 5.83. The molecular weight excluding hydrogens is 374 g/mol. The molecule has 2 N–H and O–H groups in total. The Balaban J connectivity index is 1.56. The summed E-state index contributed by atoms with van der Waals surface area (Å²) in [5.41, 5.74) is 3.14. The molecule has 1 unspecified atom stereocenters. The van der Waals surface area contributed by atoms with E-state index in [0.717, 1.165) is 31.2 Å². The Morgan fingerprint density at radius 3 is 2.30 bits per heavy atom. The highest BCUT2D eigenvalue weighted by atomic mass is 16.2. The smallest absolute Gasteiger partial charge is 0.253 e. The van der Waals surface area contributed by atoms with E-state index < -0.39 is 0 Å². The van der Waals surface area contributed by atoms with Crippen molar-refractivity contribution in [1.29, 1.82) is 0 Å². The molecule has 1 saturated heterocycles. The van der Waals surface area contributed by atoms with E-state index in [1.54, 1.807) is 26.0 Å². The van der Waals surface area contributed by atoms with E-state index in [0.29, 0.717) is 18.2 Å². The number of rotatable bonds is 7. The van der Waals surface area contributed by atoms with E-state index in [9.17, 15) is 4.79 Å². The minimum Gasteiger partial charge on any atom is -0.354 e. The SMILES string of the molecule is CN=C(NCc1ccc(C(=O)N(C)C)cc1)NCC(c1ccccc1)N1CCCC1. The number of hydrogen-bond acceptors (Lipinski definition) is 3. The van der Waals surface area contributed by atoms with Gasteiger partial charge in [-0.3, -0.25) is 14.7 Å². The van der Waals surface area contributed by atoms with Crippen LogP contribution in [0.5, 0.6) is 0 Å². The van der Waals surface area contributed by atoms with Gasteiger partial charge in [-0.2, -0.15) is 0 Å². The lowest BCUT2D eigenvalue weighted by atomic mass is 10.1. The van der Waals surface area contributed by atoms with Gasteiger partial charge in [0.25, 0.3) is 5.91 Å². The highest BCUT2D eigenvalue weighted by molar-refractivity contribution is 5.93. The van der Waals surface area contributed by atoms with Crippen molar-refractivity contribution in [2.24, 2.45) is 4.99 Å². The first-order valence-corrected chi connectivity index (χ1v) is 10.6. The molecule has 30 heavy (non-hydrogen) atoms. The van der Waals surface area contributed by atoms with Crippen LogP contribution in [0.4, 0.5) is 0 Å². The summed E-state index contributed by atoms with van der Waals surface area (Å²) in [6.45, 7) is 3.74. The number of hydrogen-bond donors (Lipinski definition) is 2. The van der Waals surface area contributed by atoms with Crippen LogP contribution >= 0.6 is 0 Å². The molecule has 6 nitrogen and oxygen atoms in total. The van der Waals surface area contributed by atoms with Crippen LogP contribution in [0.3, 0.4) is 0 Å². The first kappa shape index (κ1) is 21.8. The lowest BCUT2D eigenvalue weighted by molar-refractivity contribution is 0.0827. The number of aliphatic imine (C=N–C) groups is 1. The predicted octanol–water partition coefficient (Wildman–Crippen LogP) is 2.89. The summed E-state index contributed by atoms with van der Waals surface area (Å²) in [4.78, 5) is 20.5. The molecule has 1 fully saturated rings. The standard InChI is InChI=1S/C24H33N5O/c1-25-24(26-17-19-11-13-21(14-12-19)23(30)28(2)3)27-18-22(29-15-7-8-16-29)20-9-5-4-6-10-20/h4-6,9-14,22H,7-8,15-18H2,1-3H3,(H2,25,26,27). The molecule has 1 aliphatic rings. The van der Waals surface area contributed by atoms with Gasteiger partial charge in [-0.1, -0.05) is 42.5 Å². The zero-order valence-corrected chi connectivity index (χ0v) is 18.3. The van der Waals surface area contributed by atoms with E-state index in [2.05, 4.69) is 50.9 Å². The zero-order valence-electron chi connectivity index (χ0n) is 18.3. The fourth-order valence-corrected chi connectivity index (χ4v) is 3.81. The van der Waals surface area contributed by atoms with Gasteiger partial charge in [-0.15, -0.1) is 0 Å². The van der Waals surface area contributed by atoms with Crippen LogP contribution in [0, 0.1) is 0 Å². The van der Waals surface area contributed by atoms with E-state index in [1.807, 2.05) is 24.3 Å². The van der Waals surface area contributed by atoms with Gasteiger partial charge in [0.05, 0.1) is 6.04 Å². The van der Waals surface area contributed by atoms with Crippen molar-refractivity contribution in [2.45, 2.75) is 25.4 Å². The molecule has 1 heterocycles. The Morgan fingerprint density at radius 2 is 1.70 bits per heavy atom. The van der Waals surface area contributed by atoms with Gasteiger partial charge < -0.3 is 15.5 Å². The first-order chi connectivity index (χ1) is 14.6. The molecule has 1 aliphatic heterocycles. The Labute approximate surface area is 180 Å². The maximum absolute atomic E-state index is 12.0. The fourth-order valence-electron chi connectivity index (χ4n) is 3.81. The van der Waals surface area contributed by atoms with Crippen molar-refractivity contribution in [2.75, 3.05) is 40.8 Å². The van der Waals surface area contributed by atoms with Gasteiger partial charge in [0.1, 0.15) is 0 Å². The van der Waals surface area contributed by atoms with E-state index in [-0.39, 0.29) is 5.91 Å². The molecule has 0 spiro atoms. The lowest BCUT2D eigenvalue weighted by Crippen LogP contribution is -2.42. The second-order valence-corrected chi connectivity index (χ2v) is 7.87. The predicted molar refractivity (Wildman–Crippen MR) is 123 cm³/mol. The Morgan fingerprint density at radius 1 is 1.03 bits per heavy atom. The maximum atomic E-state index is 12.0. The molecule has 3 rings (SSSR count). The monoisotopic (exact) mass is 407 g/mol. The van der Waals surface area contributed by atoms with E-state index in [4.69, 9.17) is 0 Å². The fraction of sp³-hybridized carbons (Fsp3) is 0.417. The van der Waals surface area contributed by atoms with Gasteiger partial charge in [0.2, 0.25) is 0 Å². The highest BCUT2D eigenvalue weighted by Gasteiger charge is 2.23. The third-order valence-corrected chi connectivity index (χ3v) is 5.52. The lowest BCUT2D eigenvalue weighted by Gasteiger charge is -2.29. The average Bonchev–Trinajstić information content (AvgIpc) is 3.31. The molecule has 0 radical (unpaired) electrons. The summed E-state index contributed by atoms with van der Waals surface area (Å²) in [5, 5.41) is 6.88. The van der Waals surface area contributed by atoms with Crippen molar-refractivity contribution in [3.8, 4) is 0 Å². The number of likely N-dealkylation sites (tertiary alicyclic amines) is 1. The van der Waals surface area contributed by atoms with Crippen LogP contribution in [-0.4, -0.2) is 62.4 Å². The summed E-state index contributed by atoms with van der Waals surface area (Å²) in [7, 11) is 5.32. The Bertz CT molecular complexity index is 826. The molecule has 2 aromatic carbocycles. The largest absolute Gasteiger partial charge is 0.354 e. The third-order valence-electron chi connectivity index (χ3n) is 5.52. The van der Waals surface area contributed by atoms with Crippen LogP contribution in [0.25, 0.3) is 0 Å². The summed E-state index contributed by atoms with van der Waals surface area (Å²) in [5.74, 6) is 0.796. The molecule has 0 saturated carbocycles. The van der Waals surface area contributed by atoms with E-state index >= 15 is 0 Å². The topological polar surface area (TPSA) is 60.0 Å². The number of nitrogens with zero attached hydrogens (tertiary/aromatic N) is 3. The molecule has 0 bridgehead atoms. The molecule has 0 aliphatic carbocycles. The number of nitrogens with one attached hydrogen (secondary N) is 2. The summed E-state index contributed by atoms with van der Waals surface area (Å²) in [6.07, 6.45) is 2.53. The Kier molecular flexibility index (Phi) is 7.85. The molecule has 160 valence electrons. The van der Waals surface area contributed by atoms with Crippen LogP contribution < -0.4 is 10.6 Å². The quantitative estimate of drug-likeness (QED) is 0.547. The van der Waals surface area contributed by atoms with Crippen molar-refractivity contribution in [3.05, 3.63) is 71.3 Å². The summed E-state index contributed by atoms with van der Waals surface area (Å²) < 4.78 is 0. The zero-order chi connectivity index (χ0) is 21.3. The average molecular weight is 408 g/mol. The minimum atomic E-state index is 0.0147. The molecular formula is C24H33N5O. The normalized spacial score (nSPS) is 15.6. The van der Waals surface area contributed by atoms with Crippen LogP contribution in [0.2, 0.25) is 0 Å². The van der Waals surface area contributed by atoms with Crippen LogP contribution in [-0.2, 0) is 6.54 Å². The van der Waals surface area contributed by atoms with Crippen molar-refractivity contribution >= 4 is 11.9 Å². The molecule has 2 aromatic rings. The van der Waals surface area contributed by atoms with Gasteiger partial charge in [-0.25, -0.2) is 0 Å². The van der Waals surface area contributed by atoms with Crippen LogP contribution in [0.1, 0.15) is 40.4 Å². The number of benzene rings is 2. The van der Waals surface area contributed by atoms with Gasteiger partial charge in [-0.05, 0) is 49.2 Å². The molecule has 1 atom stereocenters. The van der Waals surface area contributed by atoms with Crippen molar-refractivity contribution in [1.82, 2.24) is 20.4 Å². The second kappa shape index (κ2) is 10.8. The van der Waals surface area contributed by atoms with Gasteiger partial charge in [0.15, 0.2) is 5.96 Å². The van der Waals surface area contributed by atoms with Crippen molar-refractivity contribution < 1.29 is 4.79 Å². The van der Waals surface area contributed by atoms with Crippen LogP contribution in [0.15, 0.2) is 59.6 Å². The summed E-state index contributed by atoms with van der Waals surface area (Å²) >= 11 is 0. The second-order valence-electron chi connectivity index (χ2n) is 7.87.